The summed E-state index contributed by atoms with van der Waals surface area (Å²) < 4.78 is 19.5. The molecule has 0 radical (unpaired) electrons. The van der Waals surface area contributed by atoms with Crippen LogP contribution in [0.5, 0.6) is 5.75 Å². The van der Waals surface area contributed by atoms with Gasteiger partial charge in [0, 0.05) is 11.5 Å². The van der Waals surface area contributed by atoms with Crippen molar-refractivity contribution in [2.75, 3.05) is 7.11 Å². The van der Waals surface area contributed by atoms with Crippen molar-refractivity contribution in [1.29, 1.82) is 0 Å². The number of benzene rings is 2. The van der Waals surface area contributed by atoms with Gasteiger partial charge in [0.25, 0.3) is 0 Å². The highest BCUT2D eigenvalue weighted by Gasteiger charge is 2.51. The maximum Gasteiger partial charge on any atom is 0.239 e. The standard InChI is InChI=1S/C18H18FN3O2/c1-24-11-6-4-5-10(9-11)15-14-16(12-7-2-3-8-13(12)19)20-18(23)17(14)22-21-15/h2-9,14-17,21-22H,1H3,(H,20,23). The van der Waals surface area contributed by atoms with Crippen molar-refractivity contribution in [3.8, 4) is 5.75 Å². The highest BCUT2D eigenvalue weighted by molar-refractivity contribution is 5.86. The Kier molecular flexibility index (Phi) is 3.70. The van der Waals surface area contributed by atoms with E-state index in [-0.39, 0.29) is 29.7 Å². The summed E-state index contributed by atoms with van der Waals surface area (Å²) in [5.74, 6) is 0.185. The first-order valence-electron chi connectivity index (χ1n) is 7.89. The van der Waals surface area contributed by atoms with Crippen LogP contribution in [0.4, 0.5) is 4.39 Å². The summed E-state index contributed by atoms with van der Waals surface area (Å²) >= 11 is 0. The van der Waals surface area contributed by atoms with Gasteiger partial charge in [0.15, 0.2) is 0 Å². The summed E-state index contributed by atoms with van der Waals surface area (Å²) in [5, 5.41) is 2.93. The zero-order valence-corrected chi connectivity index (χ0v) is 13.1. The smallest absolute Gasteiger partial charge is 0.239 e. The second-order valence-electron chi connectivity index (χ2n) is 6.11. The van der Waals surface area contributed by atoms with Crippen molar-refractivity contribution in [2.45, 2.75) is 18.1 Å². The van der Waals surface area contributed by atoms with Gasteiger partial charge in [-0.3, -0.25) is 4.79 Å². The minimum Gasteiger partial charge on any atom is -0.497 e. The lowest BCUT2D eigenvalue weighted by Gasteiger charge is -2.24. The Bertz CT molecular complexity index is 782. The molecule has 4 rings (SSSR count). The largest absolute Gasteiger partial charge is 0.497 e. The second-order valence-corrected chi connectivity index (χ2v) is 6.11. The average molecular weight is 327 g/mol. The minimum atomic E-state index is -0.397. The number of carbonyl (C=O) groups is 1. The van der Waals surface area contributed by atoms with Gasteiger partial charge in [0.1, 0.15) is 17.6 Å². The van der Waals surface area contributed by atoms with Crippen LogP contribution < -0.4 is 20.9 Å². The van der Waals surface area contributed by atoms with Crippen LogP contribution in [0.25, 0.3) is 0 Å². The summed E-state index contributed by atoms with van der Waals surface area (Å²) in [6.45, 7) is 0. The molecule has 6 heteroatoms. The number of amides is 1. The summed E-state index contributed by atoms with van der Waals surface area (Å²) in [6.07, 6.45) is 0. The van der Waals surface area contributed by atoms with Crippen LogP contribution in [-0.2, 0) is 4.79 Å². The van der Waals surface area contributed by atoms with Gasteiger partial charge in [-0.05, 0) is 23.8 Å². The first kappa shape index (κ1) is 15.1. The van der Waals surface area contributed by atoms with Gasteiger partial charge in [-0.15, -0.1) is 0 Å². The van der Waals surface area contributed by atoms with Gasteiger partial charge < -0.3 is 10.1 Å². The number of fused-ring (bicyclic) bond motifs is 1. The lowest BCUT2D eigenvalue weighted by Crippen LogP contribution is -2.39. The van der Waals surface area contributed by atoms with Gasteiger partial charge >= 0.3 is 0 Å². The first-order valence-corrected chi connectivity index (χ1v) is 7.89. The van der Waals surface area contributed by atoms with Crippen LogP contribution in [0, 0.1) is 11.7 Å². The van der Waals surface area contributed by atoms with Crippen molar-refractivity contribution in [1.82, 2.24) is 16.2 Å². The molecule has 4 unspecified atom stereocenters. The average Bonchev–Trinajstić information content (AvgIpc) is 3.17. The topological polar surface area (TPSA) is 62.4 Å². The summed E-state index contributed by atoms with van der Waals surface area (Å²) in [4.78, 5) is 12.3. The molecule has 4 atom stereocenters. The third kappa shape index (κ3) is 2.35. The lowest BCUT2D eigenvalue weighted by molar-refractivity contribution is -0.121. The molecule has 0 bridgehead atoms. The van der Waals surface area contributed by atoms with E-state index in [1.165, 1.54) is 6.07 Å². The highest BCUT2D eigenvalue weighted by Crippen LogP contribution is 2.43. The van der Waals surface area contributed by atoms with Gasteiger partial charge in [-0.25, -0.2) is 15.2 Å². The number of rotatable bonds is 3. The molecule has 5 nitrogen and oxygen atoms in total. The number of hydrogen-bond acceptors (Lipinski definition) is 4. The zero-order chi connectivity index (χ0) is 16.7. The fourth-order valence-corrected chi connectivity index (χ4v) is 3.68. The predicted octanol–water partition coefficient (Wildman–Crippen LogP) is 1.84. The van der Waals surface area contributed by atoms with E-state index in [4.69, 9.17) is 4.74 Å². The lowest BCUT2D eigenvalue weighted by atomic mass is 9.83. The fraction of sp³-hybridized carbons (Fsp3) is 0.278. The van der Waals surface area contributed by atoms with Crippen LogP contribution in [0.2, 0.25) is 0 Å². The molecular formula is C18H18FN3O2. The molecule has 2 aromatic rings. The molecule has 2 fully saturated rings. The monoisotopic (exact) mass is 327 g/mol. The van der Waals surface area contributed by atoms with Crippen molar-refractivity contribution in [3.05, 3.63) is 65.5 Å². The van der Waals surface area contributed by atoms with Gasteiger partial charge in [0.05, 0.1) is 19.2 Å². The van der Waals surface area contributed by atoms with Crippen LogP contribution in [0.15, 0.2) is 48.5 Å². The molecule has 24 heavy (non-hydrogen) atoms. The van der Waals surface area contributed by atoms with E-state index < -0.39 is 6.04 Å². The third-order valence-electron chi connectivity index (χ3n) is 4.82. The number of halogens is 1. The molecule has 124 valence electrons. The SMILES string of the molecule is COc1cccc(C2NNC3C(=O)NC(c4ccccc4F)C32)c1. The van der Waals surface area contributed by atoms with E-state index >= 15 is 0 Å². The Morgan fingerprint density at radius 2 is 1.79 bits per heavy atom. The number of nitrogens with one attached hydrogen (secondary N) is 3. The van der Waals surface area contributed by atoms with Crippen molar-refractivity contribution in [2.24, 2.45) is 5.92 Å². The molecule has 2 aliphatic heterocycles. The van der Waals surface area contributed by atoms with Crippen LogP contribution in [0.1, 0.15) is 23.2 Å². The number of hydrazine groups is 1. The summed E-state index contributed by atoms with van der Waals surface area (Å²) in [5.41, 5.74) is 7.74. The van der Waals surface area contributed by atoms with E-state index in [2.05, 4.69) is 16.2 Å². The van der Waals surface area contributed by atoms with E-state index in [1.54, 1.807) is 25.3 Å². The van der Waals surface area contributed by atoms with Crippen molar-refractivity contribution >= 4 is 5.91 Å². The van der Waals surface area contributed by atoms with Crippen molar-refractivity contribution in [3.63, 3.8) is 0 Å². The van der Waals surface area contributed by atoms with Crippen LogP contribution in [-0.4, -0.2) is 19.1 Å². The molecule has 2 saturated heterocycles. The molecule has 0 aromatic heterocycles. The zero-order valence-electron chi connectivity index (χ0n) is 13.1. The van der Waals surface area contributed by atoms with Gasteiger partial charge in [-0.1, -0.05) is 30.3 Å². The van der Waals surface area contributed by atoms with Crippen molar-refractivity contribution < 1.29 is 13.9 Å². The summed E-state index contributed by atoms with van der Waals surface area (Å²) in [6, 6.07) is 13.4. The van der Waals surface area contributed by atoms with E-state index in [1.807, 2.05) is 24.3 Å². The maximum atomic E-state index is 14.3. The number of methoxy groups -OCH3 is 1. The van der Waals surface area contributed by atoms with Crippen LogP contribution in [0.3, 0.4) is 0 Å². The fourth-order valence-electron chi connectivity index (χ4n) is 3.68. The Labute approximate surface area is 139 Å². The molecule has 2 heterocycles. The first-order chi connectivity index (χ1) is 11.7. The number of ether oxygens (including phenoxy) is 1. The quantitative estimate of drug-likeness (QED) is 0.805. The number of hydrogen-bond donors (Lipinski definition) is 3. The Balaban J connectivity index is 1.73. The normalized spacial score (nSPS) is 28.5. The Morgan fingerprint density at radius 1 is 1.00 bits per heavy atom. The maximum absolute atomic E-state index is 14.3. The predicted molar refractivity (Wildman–Crippen MR) is 86.6 cm³/mol. The van der Waals surface area contributed by atoms with Gasteiger partial charge in [-0.2, -0.15) is 0 Å². The van der Waals surface area contributed by atoms with Crippen LogP contribution >= 0.6 is 0 Å². The number of carbonyl (C=O) groups excluding carboxylic acids is 1. The Hall–Kier alpha value is -2.44. The molecule has 0 spiro atoms. The minimum absolute atomic E-state index is 0.119. The third-order valence-corrected chi connectivity index (χ3v) is 4.82. The highest BCUT2D eigenvalue weighted by atomic mass is 19.1. The molecule has 0 aliphatic carbocycles. The van der Waals surface area contributed by atoms with E-state index in [0.29, 0.717) is 5.56 Å². The molecule has 2 aliphatic rings. The molecular weight excluding hydrogens is 309 g/mol. The van der Waals surface area contributed by atoms with E-state index in [9.17, 15) is 9.18 Å². The van der Waals surface area contributed by atoms with E-state index in [0.717, 1.165) is 11.3 Å². The molecule has 1 amide bonds. The second kappa shape index (κ2) is 5.89. The molecule has 3 N–H and O–H groups in total. The Morgan fingerprint density at radius 3 is 2.58 bits per heavy atom. The van der Waals surface area contributed by atoms with Gasteiger partial charge in [0.2, 0.25) is 5.91 Å². The summed E-state index contributed by atoms with van der Waals surface area (Å²) in [7, 11) is 1.62. The molecule has 0 saturated carbocycles. The molecule has 2 aromatic carbocycles.